The Bertz CT molecular complexity index is 1400. The third-order valence-corrected chi connectivity index (χ3v) is 6.97. The van der Waals surface area contributed by atoms with Crippen LogP contribution in [0.15, 0.2) is 60.7 Å². The second-order valence-electron chi connectivity index (χ2n) is 8.64. The third-order valence-electron chi connectivity index (χ3n) is 6.56. The van der Waals surface area contributed by atoms with Crippen LogP contribution in [0.25, 0.3) is 22.2 Å². The van der Waals surface area contributed by atoms with Gasteiger partial charge in [0.25, 0.3) is 5.91 Å². The highest BCUT2D eigenvalue weighted by molar-refractivity contribution is 6.32. The van der Waals surface area contributed by atoms with E-state index >= 15 is 0 Å². The predicted octanol–water partition coefficient (Wildman–Crippen LogP) is 6.29. The van der Waals surface area contributed by atoms with Gasteiger partial charge in [0.05, 0.1) is 28.7 Å². The molecule has 5 nitrogen and oxygen atoms in total. The number of hydrogen-bond donors (Lipinski definition) is 1. The van der Waals surface area contributed by atoms with E-state index in [-0.39, 0.29) is 17.9 Å². The van der Waals surface area contributed by atoms with Crippen LogP contribution < -0.4 is 0 Å². The number of imidazole rings is 1. The van der Waals surface area contributed by atoms with Crippen LogP contribution in [0.5, 0.6) is 0 Å². The van der Waals surface area contributed by atoms with Gasteiger partial charge < -0.3 is 9.88 Å². The highest BCUT2D eigenvalue weighted by Gasteiger charge is 2.38. The minimum Gasteiger partial charge on any atom is -0.340 e. The van der Waals surface area contributed by atoms with Crippen molar-refractivity contribution >= 4 is 28.5 Å². The van der Waals surface area contributed by atoms with E-state index < -0.39 is 0 Å². The van der Waals surface area contributed by atoms with Gasteiger partial charge in [0.1, 0.15) is 5.82 Å². The van der Waals surface area contributed by atoms with Crippen LogP contribution in [0, 0.1) is 24.2 Å². The summed E-state index contributed by atoms with van der Waals surface area (Å²) in [5.74, 6) is 0.923. The van der Waals surface area contributed by atoms with Crippen LogP contribution in [0.1, 0.15) is 46.7 Å². The number of nitrogens with one attached hydrogen (secondary N) is 1. The molecule has 1 amide bonds. The third kappa shape index (κ3) is 3.67. The molecule has 2 heterocycles. The molecule has 0 unspecified atom stereocenters. The fraction of sp³-hybridized carbons (Fsp3) is 0.222. The number of aromatic amines is 1. The first kappa shape index (κ1) is 21.2. The van der Waals surface area contributed by atoms with Crippen molar-refractivity contribution in [3.05, 3.63) is 88.2 Å². The number of likely N-dealkylation sites (tertiary alicyclic amines) is 1. The Morgan fingerprint density at radius 2 is 1.97 bits per heavy atom. The number of nitriles is 1. The Morgan fingerprint density at radius 3 is 2.73 bits per heavy atom. The summed E-state index contributed by atoms with van der Waals surface area (Å²) in [6.45, 7) is 4.73. The first-order chi connectivity index (χ1) is 16.0. The zero-order chi connectivity index (χ0) is 23.1. The van der Waals surface area contributed by atoms with Crippen molar-refractivity contribution in [1.82, 2.24) is 14.9 Å². The molecule has 0 bridgehead atoms. The summed E-state index contributed by atoms with van der Waals surface area (Å²) >= 11 is 6.30. The number of H-pyrrole nitrogens is 1. The van der Waals surface area contributed by atoms with Gasteiger partial charge in [-0.05, 0) is 60.2 Å². The van der Waals surface area contributed by atoms with E-state index in [9.17, 15) is 10.1 Å². The van der Waals surface area contributed by atoms with E-state index in [1.807, 2.05) is 60.4 Å². The summed E-state index contributed by atoms with van der Waals surface area (Å²) in [5.41, 5.74) is 5.45. The lowest BCUT2D eigenvalue weighted by Crippen LogP contribution is -2.32. The fourth-order valence-electron chi connectivity index (χ4n) is 4.75. The summed E-state index contributed by atoms with van der Waals surface area (Å²) < 4.78 is 0. The molecule has 0 spiro atoms. The van der Waals surface area contributed by atoms with Crippen LogP contribution in [-0.2, 0) is 0 Å². The van der Waals surface area contributed by atoms with Crippen molar-refractivity contribution in [3.63, 3.8) is 0 Å². The van der Waals surface area contributed by atoms with Crippen molar-refractivity contribution in [1.29, 1.82) is 5.26 Å². The predicted molar refractivity (Wildman–Crippen MR) is 130 cm³/mol. The topological polar surface area (TPSA) is 72.8 Å². The van der Waals surface area contributed by atoms with Crippen molar-refractivity contribution < 1.29 is 4.79 Å². The van der Waals surface area contributed by atoms with Gasteiger partial charge in [0.15, 0.2) is 0 Å². The summed E-state index contributed by atoms with van der Waals surface area (Å²) in [6.07, 6.45) is 0.881. The van der Waals surface area contributed by atoms with E-state index in [1.54, 1.807) is 12.1 Å². The highest BCUT2D eigenvalue weighted by Crippen LogP contribution is 2.39. The molecule has 2 atom stereocenters. The first-order valence-electron chi connectivity index (χ1n) is 11.0. The zero-order valence-corrected chi connectivity index (χ0v) is 19.2. The lowest BCUT2D eigenvalue weighted by atomic mass is 9.96. The van der Waals surface area contributed by atoms with E-state index in [0.29, 0.717) is 22.7 Å². The maximum atomic E-state index is 13.9. The molecule has 1 saturated heterocycles. The number of aromatic nitrogens is 2. The molecule has 1 aliphatic rings. The number of benzene rings is 3. The SMILES string of the molecule is Cc1c(Cl)ccc2[nH]c([C@@H]3[C@@H](C)CCN3C(=O)c3cc(C#N)ccc3-c3ccccc3)nc12. The smallest absolute Gasteiger partial charge is 0.255 e. The minimum absolute atomic E-state index is 0.0875. The molecule has 1 aromatic heterocycles. The van der Waals surface area contributed by atoms with Gasteiger partial charge in [0.2, 0.25) is 0 Å². The van der Waals surface area contributed by atoms with Gasteiger partial charge >= 0.3 is 0 Å². The van der Waals surface area contributed by atoms with Crippen LogP contribution >= 0.6 is 11.6 Å². The van der Waals surface area contributed by atoms with Gasteiger partial charge in [-0.2, -0.15) is 5.26 Å². The second kappa shape index (κ2) is 8.38. The van der Waals surface area contributed by atoms with Crippen molar-refractivity contribution in [2.75, 3.05) is 6.54 Å². The Balaban J connectivity index is 1.59. The summed E-state index contributed by atoms with van der Waals surface area (Å²) in [7, 11) is 0. The second-order valence-corrected chi connectivity index (χ2v) is 9.05. The molecule has 0 aliphatic carbocycles. The number of fused-ring (bicyclic) bond motifs is 1. The van der Waals surface area contributed by atoms with Gasteiger partial charge in [0, 0.05) is 17.1 Å². The van der Waals surface area contributed by atoms with E-state index in [0.717, 1.165) is 40.0 Å². The van der Waals surface area contributed by atoms with Crippen LogP contribution in [-0.4, -0.2) is 27.3 Å². The molecule has 33 heavy (non-hydrogen) atoms. The Kier molecular flexibility index (Phi) is 5.39. The number of rotatable bonds is 3. The number of aryl methyl sites for hydroxylation is 1. The quantitative estimate of drug-likeness (QED) is 0.395. The fourth-order valence-corrected chi connectivity index (χ4v) is 4.91. The lowest BCUT2D eigenvalue weighted by Gasteiger charge is -2.26. The number of hydrogen-bond acceptors (Lipinski definition) is 3. The minimum atomic E-state index is -0.183. The number of halogens is 1. The number of nitrogens with zero attached hydrogens (tertiary/aromatic N) is 3. The van der Waals surface area contributed by atoms with Gasteiger partial charge in [-0.3, -0.25) is 4.79 Å². The lowest BCUT2D eigenvalue weighted by molar-refractivity contribution is 0.0715. The van der Waals surface area contributed by atoms with Gasteiger partial charge in [-0.15, -0.1) is 0 Å². The number of amides is 1. The maximum Gasteiger partial charge on any atom is 0.255 e. The Morgan fingerprint density at radius 1 is 1.18 bits per heavy atom. The number of carbonyl (C=O) groups excluding carboxylic acids is 1. The molecule has 0 radical (unpaired) electrons. The zero-order valence-electron chi connectivity index (χ0n) is 18.5. The first-order valence-corrected chi connectivity index (χ1v) is 11.4. The number of carbonyl (C=O) groups is 1. The molecular weight excluding hydrogens is 432 g/mol. The summed E-state index contributed by atoms with van der Waals surface area (Å²) in [4.78, 5) is 24.1. The molecule has 6 heteroatoms. The monoisotopic (exact) mass is 454 g/mol. The van der Waals surface area contributed by atoms with Crippen LogP contribution in [0.4, 0.5) is 0 Å². The molecule has 1 fully saturated rings. The van der Waals surface area contributed by atoms with Gasteiger partial charge in [-0.25, -0.2) is 4.98 Å². The van der Waals surface area contributed by atoms with E-state index in [1.165, 1.54) is 0 Å². The molecule has 5 rings (SSSR count). The molecule has 164 valence electrons. The molecule has 0 saturated carbocycles. The average molecular weight is 455 g/mol. The largest absolute Gasteiger partial charge is 0.340 e. The average Bonchev–Trinajstić information content (AvgIpc) is 3.44. The van der Waals surface area contributed by atoms with Crippen LogP contribution in [0.2, 0.25) is 5.02 Å². The molecule has 4 aromatic rings. The van der Waals surface area contributed by atoms with Crippen LogP contribution in [0.3, 0.4) is 0 Å². The molecule has 3 aromatic carbocycles. The van der Waals surface area contributed by atoms with E-state index in [4.69, 9.17) is 16.6 Å². The highest BCUT2D eigenvalue weighted by atomic mass is 35.5. The summed E-state index contributed by atoms with van der Waals surface area (Å²) in [5, 5.41) is 10.1. The Labute approximate surface area is 197 Å². The molecule has 1 aliphatic heterocycles. The summed E-state index contributed by atoms with van der Waals surface area (Å²) in [6, 6.07) is 20.9. The standard InChI is InChI=1S/C27H23ClN4O/c1-16-12-13-32(25(16)26-30-23-11-10-22(28)17(2)24(23)31-26)27(33)21-14-18(15-29)8-9-20(21)19-6-4-3-5-7-19/h3-11,14,16,25H,12-13H2,1-2H3,(H,30,31)/t16-,25-/m0/s1. The molecular formula is C27H23ClN4O. The Hall–Kier alpha value is -3.62. The maximum absolute atomic E-state index is 13.9. The van der Waals surface area contributed by atoms with E-state index in [2.05, 4.69) is 18.0 Å². The van der Waals surface area contributed by atoms with Crippen molar-refractivity contribution in [3.8, 4) is 17.2 Å². The molecule has 1 N–H and O–H groups in total. The van der Waals surface area contributed by atoms with Crippen molar-refractivity contribution in [2.24, 2.45) is 5.92 Å². The van der Waals surface area contributed by atoms with Gasteiger partial charge in [-0.1, -0.05) is 54.9 Å². The van der Waals surface area contributed by atoms with Crippen molar-refractivity contribution in [2.45, 2.75) is 26.3 Å². The normalized spacial score (nSPS) is 17.9.